The average molecular weight is 272 g/mol. The number of nitrogens with zero attached hydrogens (tertiary/aromatic N) is 1. The van der Waals surface area contributed by atoms with E-state index in [0.29, 0.717) is 11.3 Å². The third kappa shape index (κ3) is 2.41. The lowest BCUT2D eigenvalue weighted by Gasteiger charge is -2.27. The van der Waals surface area contributed by atoms with Crippen molar-refractivity contribution in [1.82, 2.24) is 4.90 Å². The Morgan fingerprint density at radius 2 is 2.05 bits per heavy atom. The van der Waals surface area contributed by atoms with Gasteiger partial charge in [0.2, 0.25) is 5.91 Å². The minimum Gasteiger partial charge on any atom is -0.373 e. The summed E-state index contributed by atoms with van der Waals surface area (Å²) in [6.45, 7) is 8.64. The van der Waals surface area contributed by atoms with Crippen LogP contribution in [0.5, 0.6) is 0 Å². The minimum atomic E-state index is -0.0638. The molecule has 2 aliphatic rings. The highest BCUT2D eigenvalue weighted by Gasteiger charge is 2.37. The summed E-state index contributed by atoms with van der Waals surface area (Å²) >= 11 is 0. The normalized spacial score (nSPS) is 25.4. The monoisotopic (exact) mass is 272 g/mol. The molecule has 1 fully saturated rings. The molecular formula is C17H24N2O. The summed E-state index contributed by atoms with van der Waals surface area (Å²) in [5.74, 6) is 0.892. The van der Waals surface area contributed by atoms with E-state index < -0.39 is 0 Å². The molecule has 1 unspecified atom stereocenters. The highest BCUT2D eigenvalue weighted by atomic mass is 16.2. The molecule has 1 amide bonds. The van der Waals surface area contributed by atoms with Gasteiger partial charge in [-0.1, -0.05) is 39.0 Å². The van der Waals surface area contributed by atoms with Gasteiger partial charge in [0.25, 0.3) is 0 Å². The van der Waals surface area contributed by atoms with Crippen LogP contribution in [-0.4, -0.2) is 29.9 Å². The molecule has 20 heavy (non-hydrogen) atoms. The first-order valence-corrected chi connectivity index (χ1v) is 7.58. The van der Waals surface area contributed by atoms with Crippen LogP contribution in [0.25, 0.3) is 0 Å². The maximum atomic E-state index is 12.7. The van der Waals surface area contributed by atoms with Crippen LogP contribution < -0.4 is 5.32 Å². The second-order valence-corrected chi connectivity index (χ2v) is 7.19. The number of para-hydroxylation sites is 1. The molecule has 0 radical (unpaired) electrons. The molecule has 2 aliphatic heterocycles. The molecular weight excluding hydrogens is 248 g/mol. The fourth-order valence-electron chi connectivity index (χ4n) is 3.33. The van der Waals surface area contributed by atoms with Gasteiger partial charge in [-0.3, -0.25) is 4.79 Å². The topological polar surface area (TPSA) is 32.3 Å². The van der Waals surface area contributed by atoms with E-state index in [0.717, 1.165) is 31.6 Å². The van der Waals surface area contributed by atoms with Crippen LogP contribution in [0.3, 0.4) is 0 Å². The number of carbonyl (C=O) groups excluding carboxylic acids is 1. The van der Waals surface area contributed by atoms with Crippen LogP contribution in [0.1, 0.15) is 32.8 Å². The van der Waals surface area contributed by atoms with Gasteiger partial charge in [-0.05, 0) is 29.4 Å². The smallest absolute Gasteiger partial charge is 0.245 e. The van der Waals surface area contributed by atoms with Crippen LogP contribution in [0.2, 0.25) is 0 Å². The van der Waals surface area contributed by atoms with Gasteiger partial charge in [0.05, 0.1) is 0 Å². The predicted octanol–water partition coefficient (Wildman–Crippen LogP) is 2.92. The molecule has 0 spiro atoms. The molecule has 2 heterocycles. The van der Waals surface area contributed by atoms with E-state index in [4.69, 9.17) is 0 Å². The summed E-state index contributed by atoms with van der Waals surface area (Å²) in [5, 5.41) is 3.37. The predicted molar refractivity (Wildman–Crippen MR) is 81.7 cm³/mol. The van der Waals surface area contributed by atoms with Crippen molar-refractivity contribution in [3.05, 3.63) is 29.8 Å². The first-order chi connectivity index (χ1) is 9.45. The van der Waals surface area contributed by atoms with Gasteiger partial charge in [-0.15, -0.1) is 0 Å². The molecule has 2 atom stereocenters. The molecule has 0 aromatic heterocycles. The van der Waals surface area contributed by atoms with Gasteiger partial charge in [0, 0.05) is 25.2 Å². The Labute approximate surface area is 121 Å². The van der Waals surface area contributed by atoms with Crippen molar-refractivity contribution in [3.63, 3.8) is 0 Å². The number of amides is 1. The second kappa shape index (κ2) is 4.80. The maximum absolute atomic E-state index is 12.7. The van der Waals surface area contributed by atoms with Crippen LogP contribution in [0.4, 0.5) is 5.69 Å². The molecule has 3 heteroatoms. The molecule has 0 aliphatic carbocycles. The van der Waals surface area contributed by atoms with Crippen molar-refractivity contribution in [3.8, 4) is 0 Å². The minimum absolute atomic E-state index is 0.0638. The van der Waals surface area contributed by atoms with Crippen molar-refractivity contribution in [2.75, 3.05) is 18.4 Å². The molecule has 0 bridgehead atoms. The van der Waals surface area contributed by atoms with Crippen molar-refractivity contribution in [2.24, 2.45) is 11.3 Å². The standard InChI is InChI=1S/C17H24N2O/c1-17(2,3)13-8-9-19(11-13)16(20)15-10-12-6-4-5-7-14(12)18-15/h4-7,13,15,18H,8-11H2,1-3H3/t13?,15-/m0/s1. The summed E-state index contributed by atoms with van der Waals surface area (Å²) < 4.78 is 0. The number of benzene rings is 1. The third-order valence-corrected chi connectivity index (χ3v) is 4.79. The van der Waals surface area contributed by atoms with Gasteiger partial charge >= 0.3 is 0 Å². The molecule has 1 saturated heterocycles. The summed E-state index contributed by atoms with van der Waals surface area (Å²) in [6.07, 6.45) is 1.96. The van der Waals surface area contributed by atoms with Gasteiger partial charge < -0.3 is 10.2 Å². The van der Waals surface area contributed by atoms with Crippen molar-refractivity contribution >= 4 is 11.6 Å². The Kier molecular flexibility index (Phi) is 3.23. The Morgan fingerprint density at radius 1 is 1.30 bits per heavy atom. The Hall–Kier alpha value is -1.51. The zero-order valence-electron chi connectivity index (χ0n) is 12.6. The van der Waals surface area contributed by atoms with Gasteiger partial charge in [0.1, 0.15) is 6.04 Å². The van der Waals surface area contributed by atoms with Gasteiger partial charge in [-0.25, -0.2) is 0 Å². The summed E-state index contributed by atoms with van der Waals surface area (Å²) in [4.78, 5) is 14.7. The quantitative estimate of drug-likeness (QED) is 0.852. The molecule has 3 rings (SSSR count). The van der Waals surface area contributed by atoms with E-state index >= 15 is 0 Å². The summed E-state index contributed by atoms with van der Waals surface area (Å²) in [7, 11) is 0. The fraction of sp³-hybridized carbons (Fsp3) is 0.588. The van der Waals surface area contributed by atoms with E-state index in [2.05, 4.69) is 43.1 Å². The molecule has 3 nitrogen and oxygen atoms in total. The number of hydrogen-bond donors (Lipinski definition) is 1. The molecule has 1 aromatic carbocycles. The second-order valence-electron chi connectivity index (χ2n) is 7.19. The highest BCUT2D eigenvalue weighted by Crippen LogP contribution is 2.34. The third-order valence-electron chi connectivity index (χ3n) is 4.79. The number of likely N-dealkylation sites (tertiary alicyclic amines) is 1. The first kappa shape index (κ1) is 13.5. The van der Waals surface area contributed by atoms with Crippen molar-refractivity contribution in [1.29, 1.82) is 0 Å². The average Bonchev–Trinajstić information content (AvgIpc) is 3.04. The Bertz CT molecular complexity index is 493. The molecule has 108 valence electrons. The van der Waals surface area contributed by atoms with Gasteiger partial charge in [0.15, 0.2) is 0 Å². The van der Waals surface area contributed by atoms with Crippen LogP contribution in [0.15, 0.2) is 24.3 Å². The van der Waals surface area contributed by atoms with Crippen LogP contribution in [0, 0.1) is 11.3 Å². The SMILES string of the molecule is CC(C)(C)C1CCN(C(=O)[C@@H]2Cc3ccccc3N2)C1. The molecule has 1 N–H and O–H groups in total. The zero-order chi connectivity index (χ0) is 14.3. The number of hydrogen-bond acceptors (Lipinski definition) is 2. The first-order valence-electron chi connectivity index (χ1n) is 7.58. The summed E-state index contributed by atoms with van der Waals surface area (Å²) in [6, 6.07) is 8.16. The largest absolute Gasteiger partial charge is 0.373 e. The molecule has 0 saturated carbocycles. The lowest BCUT2D eigenvalue weighted by molar-refractivity contribution is -0.131. The highest BCUT2D eigenvalue weighted by molar-refractivity contribution is 5.87. The van der Waals surface area contributed by atoms with E-state index in [9.17, 15) is 4.79 Å². The lowest BCUT2D eigenvalue weighted by Crippen LogP contribution is -2.41. The Balaban J connectivity index is 1.65. The Morgan fingerprint density at radius 3 is 2.70 bits per heavy atom. The number of nitrogens with one attached hydrogen (secondary N) is 1. The van der Waals surface area contributed by atoms with Crippen LogP contribution in [-0.2, 0) is 11.2 Å². The van der Waals surface area contributed by atoms with Gasteiger partial charge in [-0.2, -0.15) is 0 Å². The number of carbonyl (C=O) groups is 1. The van der Waals surface area contributed by atoms with E-state index in [1.807, 2.05) is 12.1 Å². The van der Waals surface area contributed by atoms with E-state index in [1.54, 1.807) is 0 Å². The zero-order valence-corrected chi connectivity index (χ0v) is 12.6. The van der Waals surface area contributed by atoms with Crippen molar-refractivity contribution in [2.45, 2.75) is 39.7 Å². The number of rotatable bonds is 1. The number of anilines is 1. The summed E-state index contributed by atoms with van der Waals surface area (Å²) in [5.41, 5.74) is 2.68. The number of fused-ring (bicyclic) bond motifs is 1. The van der Waals surface area contributed by atoms with Crippen LogP contribution >= 0.6 is 0 Å². The lowest BCUT2D eigenvalue weighted by atomic mass is 9.80. The maximum Gasteiger partial charge on any atom is 0.245 e. The van der Waals surface area contributed by atoms with Crippen molar-refractivity contribution < 1.29 is 4.79 Å². The fourth-order valence-corrected chi connectivity index (χ4v) is 3.33. The van der Waals surface area contributed by atoms with E-state index in [1.165, 1.54) is 5.56 Å². The molecule has 1 aromatic rings. The van der Waals surface area contributed by atoms with E-state index in [-0.39, 0.29) is 11.9 Å².